The minimum Gasteiger partial charge on any atom is -0.483 e. The second-order valence-corrected chi connectivity index (χ2v) is 12.3. The summed E-state index contributed by atoms with van der Waals surface area (Å²) in [5.74, 6) is 0.0101. The molecule has 0 aliphatic rings. The van der Waals surface area contributed by atoms with E-state index in [1.54, 1.807) is 18.2 Å². The molecule has 0 heterocycles. The maximum atomic E-state index is 13.4. The summed E-state index contributed by atoms with van der Waals surface area (Å²) in [5, 5.41) is 3.92. The largest absolute Gasteiger partial charge is 0.483 e. The first-order valence-corrected chi connectivity index (χ1v) is 13.2. The quantitative estimate of drug-likeness (QED) is 0.358. The van der Waals surface area contributed by atoms with Gasteiger partial charge >= 0.3 is 0 Å². The molecule has 0 saturated carbocycles. The maximum absolute atomic E-state index is 13.4. The number of carbonyl (C=O) groups excluding carboxylic acids is 2. The van der Waals surface area contributed by atoms with E-state index in [9.17, 15) is 9.59 Å². The first-order valence-electron chi connectivity index (χ1n) is 11.6. The molecule has 0 radical (unpaired) electrons. The van der Waals surface area contributed by atoms with Crippen LogP contribution in [0.15, 0.2) is 40.9 Å². The molecule has 2 aromatic carbocycles. The van der Waals surface area contributed by atoms with E-state index >= 15 is 0 Å². The van der Waals surface area contributed by atoms with Crippen LogP contribution < -0.4 is 10.1 Å². The first kappa shape index (κ1) is 29.5. The van der Waals surface area contributed by atoms with Gasteiger partial charge < -0.3 is 15.0 Å². The molecular formula is C27H35BrCl2N2O3. The molecule has 0 bridgehead atoms. The minimum absolute atomic E-state index is 0.0136. The Labute approximate surface area is 227 Å². The number of halogens is 3. The molecule has 1 atom stereocenters. The van der Waals surface area contributed by atoms with Gasteiger partial charge in [0.05, 0.1) is 4.47 Å². The van der Waals surface area contributed by atoms with Crippen molar-refractivity contribution in [1.82, 2.24) is 10.2 Å². The molecule has 2 aromatic rings. The summed E-state index contributed by atoms with van der Waals surface area (Å²) in [4.78, 5) is 28.1. The van der Waals surface area contributed by atoms with Gasteiger partial charge in [-0.1, -0.05) is 63.0 Å². The topological polar surface area (TPSA) is 58.6 Å². The van der Waals surface area contributed by atoms with Crippen LogP contribution in [0.25, 0.3) is 0 Å². The van der Waals surface area contributed by atoms with Gasteiger partial charge in [0.2, 0.25) is 5.91 Å². The SMILES string of the molecule is CCC(C(=O)NC(C)(C)C)N(Cc1ccc(Cl)cc1Cl)C(=O)COc1ccc(C(C)(C)C)cc1Br. The van der Waals surface area contributed by atoms with Gasteiger partial charge in [-0.25, -0.2) is 0 Å². The number of hydrogen-bond acceptors (Lipinski definition) is 3. The molecule has 0 aromatic heterocycles. The number of hydrogen-bond donors (Lipinski definition) is 1. The van der Waals surface area contributed by atoms with Crippen molar-refractivity contribution in [2.24, 2.45) is 0 Å². The summed E-state index contributed by atoms with van der Waals surface area (Å²) >= 11 is 16.0. The smallest absolute Gasteiger partial charge is 0.261 e. The highest BCUT2D eigenvalue weighted by Crippen LogP contribution is 2.32. The molecule has 192 valence electrons. The number of carbonyl (C=O) groups is 2. The average Bonchev–Trinajstić information content (AvgIpc) is 2.72. The zero-order valence-corrected chi connectivity index (χ0v) is 24.6. The van der Waals surface area contributed by atoms with E-state index in [2.05, 4.69) is 42.0 Å². The highest BCUT2D eigenvalue weighted by atomic mass is 79.9. The molecule has 0 fully saturated rings. The molecule has 1 N–H and O–H groups in total. The Morgan fingerprint density at radius 1 is 1.06 bits per heavy atom. The number of ether oxygens (including phenoxy) is 1. The normalized spacial score (nSPS) is 12.7. The average molecular weight is 586 g/mol. The Bertz CT molecular complexity index is 1060. The highest BCUT2D eigenvalue weighted by Gasteiger charge is 2.31. The highest BCUT2D eigenvalue weighted by molar-refractivity contribution is 9.10. The van der Waals surface area contributed by atoms with E-state index in [0.29, 0.717) is 27.8 Å². The van der Waals surface area contributed by atoms with Crippen LogP contribution in [-0.2, 0) is 21.5 Å². The lowest BCUT2D eigenvalue weighted by atomic mass is 9.87. The van der Waals surface area contributed by atoms with E-state index in [4.69, 9.17) is 27.9 Å². The lowest BCUT2D eigenvalue weighted by Gasteiger charge is -2.33. The molecule has 2 rings (SSSR count). The Hall–Kier alpha value is -1.76. The standard InChI is InChI=1S/C27H35BrCl2N2O3/c1-8-22(25(34)31-27(5,6)7)32(15-17-9-11-19(29)14-21(17)30)24(33)16-35-23-12-10-18(13-20(23)28)26(2,3)4/h9-14,22H,8,15-16H2,1-7H3,(H,31,34). The van der Waals surface area contributed by atoms with Gasteiger partial charge in [-0.05, 0) is 83.9 Å². The number of nitrogens with zero attached hydrogens (tertiary/aromatic N) is 1. The Morgan fingerprint density at radius 3 is 2.23 bits per heavy atom. The third-order valence-corrected chi connectivity index (χ3v) is 6.60. The zero-order valence-electron chi connectivity index (χ0n) is 21.5. The predicted molar refractivity (Wildman–Crippen MR) is 147 cm³/mol. The summed E-state index contributed by atoms with van der Waals surface area (Å²) < 4.78 is 6.65. The molecule has 2 amide bonds. The molecule has 0 spiro atoms. The van der Waals surface area contributed by atoms with E-state index in [1.165, 1.54) is 4.90 Å². The molecule has 5 nitrogen and oxygen atoms in total. The number of rotatable bonds is 8. The second kappa shape index (κ2) is 12.0. The zero-order chi connectivity index (χ0) is 26.6. The van der Waals surface area contributed by atoms with Gasteiger partial charge in [-0.2, -0.15) is 0 Å². The van der Waals surface area contributed by atoms with E-state index in [0.717, 1.165) is 10.0 Å². The van der Waals surface area contributed by atoms with Crippen molar-refractivity contribution in [3.8, 4) is 5.75 Å². The van der Waals surface area contributed by atoms with Gasteiger partial charge in [-0.15, -0.1) is 0 Å². The molecule has 8 heteroatoms. The monoisotopic (exact) mass is 584 g/mol. The van der Waals surface area contributed by atoms with Crippen molar-refractivity contribution in [2.75, 3.05) is 6.61 Å². The summed E-state index contributed by atoms with van der Waals surface area (Å²) in [5.41, 5.74) is 1.39. The molecular weight excluding hydrogens is 551 g/mol. The Balaban J connectivity index is 2.30. The minimum atomic E-state index is -0.691. The lowest BCUT2D eigenvalue weighted by molar-refractivity contribution is -0.143. The van der Waals surface area contributed by atoms with E-state index < -0.39 is 11.6 Å². The second-order valence-electron chi connectivity index (χ2n) is 10.6. The van der Waals surface area contributed by atoms with E-state index in [-0.39, 0.29) is 30.4 Å². The predicted octanol–water partition coefficient (Wildman–Crippen LogP) is 7.15. The molecule has 0 aliphatic carbocycles. The van der Waals surface area contributed by atoms with Gasteiger partial charge in [-0.3, -0.25) is 9.59 Å². The summed E-state index contributed by atoms with van der Waals surface area (Å²) in [6.07, 6.45) is 0.433. The van der Waals surface area contributed by atoms with Crippen molar-refractivity contribution in [3.63, 3.8) is 0 Å². The molecule has 0 aliphatic heterocycles. The first-order chi connectivity index (χ1) is 16.1. The lowest BCUT2D eigenvalue weighted by Crippen LogP contribution is -2.54. The van der Waals surface area contributed by atoms with E-state index in [1.807, 2.05) is 45.9 Å². The molecule has 1 unspecified atom stereocenters. The van der Waals surface area contributed by atoms with Crippen molar-refractivity contribution in [2.45, 2.75) is 78.4 Å². The van der Waals surface area contributed by atoms with Gasteiger partial charge in [0, 0.05) is 22.1 Å². The van der Waals surface area contributed by atoms with Crippen molar-refractivity contribution < 1.29 is 14.3 Å². The van der Waals surface area contributed by atoms with Crippen LogP contribution in [0.3, 0.4) is 0 Å². The van der Waals surface area contributed by atoms with Crippen molar-refractivity contribution >= 4 is 50.9 Å². The number of nitrogens with one attached hydrogen (secondary N) is 1. The number of benzene rings is 2. The number of amides is 2. The molecule has 35 heavy (non-hydrogen) atoms. The van der Waals surface area contributed by atoms with Crippen LogP contribution in [0.1, 0.15) is 66.0 Å². The molecule has 0 saturated heterocycles. The van der Waals surface area contributed by atoms with Crippen molar-refractivity contribution in [1.29, 1.82) is 0 Å². The summed E-state index contributed by atoms with van der Waals surface area (Å²) in [6.45, 7) is 13.9. The van der Waals surface area contributed by atoms with Crippen LogP contribution >= 0.6 is 39.1 Å². The summed E-state index contributed by atoms with van der Waals surface area (Å²) in [7, 11) is 0. The fraction of sp³-hybridized carbons (Fsp3) is 0.481. The fourth-order valence-electron chi connectivity index (χ4n) is 3.51. The third-order valence-electron chi connectivity index (χ3n) is 5.39. The third kappa shape index (κ3) is 8.69. The Kier molecular flexibility index (Phi) is 10.1. The van der Waals surface area contributed by atoms with Crippen LogP contribution in [0.5, 0.6) is 5.75 Å². The summed E-state index contributed by atoms with van der Waals surface area (Å²) in [6, 6.07) is 10.2. The Morgan fingerprint density at radius 2 is 1.71 bits per heavy atom. The van der Waals surface area contributed by atoms with Gasteiger partial charge in [0.25, 0.3) is 5.91 Å². The van der Waals surface area contributed by atoms with Crippen LogP contribution in [0.2, 0.25) is 10.0 Å². The van der Waals surface area contributed by atoms with Crippen LogP contribution in [-0.4, -0.2) is 34.9 Å². The van der Waals surface area contributed by atoms with Crippen LogP contribution in [0, 0.1) is 0 Å². The van der Waals surface area contributed by atoms with Gasteiger partial charge in [0.1, 0.15) is 11.8 Å². The maximum Gasteiger partial charge on any atom is 0.261 e. The van der Waals surface area contributed by atoms with Crippen molar-refractivity contribution in [3.05, 3.63) is 62.0 Å². The van der Waals surface area contributed by atoms with Crippen LogP contribution in [0.4, 0.5) is 0 Å². The van der Waals surface area contributed by atoms with Gasteiger partial charge in [0.15, 0.2) is 6.61 Å². The fourth-order valence-corrected chi connectivity index (χ4v) is 4.47.